The molecule has 0 saturated carbocycles. The molecule has 0 heterocycles. The maximum Gasteiger partial charge on any atom is 0.221 e. The molecule has 0 rings (SSSR count). The molecule has 1 amide bonds. The molecule has 144 valence electrons. The van der Waals surface area contributed by atoms with E-state index in [9.17, 15) is 4.79 Å². The minimum absolute atomic E-state index is 0.123. The van der Waals surface area contributed by atoms with E-state index in [1.807, 2.05) is 6.92 Å². The Hall–Kier alpha value is -0.570. The summed E-state index contributed by atoms with van der Waals surface area (Å²) in [5.74, 6) is 0.123. The van der Waals surface area contributed by atoms with E-state index in [-0.39, 0.29) is 5.91 Å². The first-order chi connectivity index (χ1) is 11.8. The standard InChI is InChI=1S/C21H43NO2/c1-3-5-6-7-8-9-10-11-12-13-14-15-16-17-18-19-21(23)22-20-24-4-2/h3-20H2,1-2H3,(H,22,23). The molecule has 1 N–H and O–H groups in total. The van der Waals surface area contributed by atoms with Gasteiger partial charge in [-0.3, -0.25) is 4.79 Å². The largest absolute Gasteiger partial charge is 0.362 e. The van der Waals surface area contributed by atoms with Crippen molar-refractivity contribution in [2.75, 3.05) is 13.3 Å². The highest BCUT2D eigenvalue weighted by Gasteiger charge is 2.00. The van der Waals surface area contributed by atoms with E-state index in [1.165, 1.54) is 89.9 Å². The van der Waals surface area contributed by atoms with Crippen LogP contribution in [0.5, 0.6) is 0 Å². The topological polar surface area (TPSA) is 38.3 Å². The van der Waals surface area contributed by atoms with Gasteiger partial charge in [0.15, 0.2) is 0 Å². The lowest BCUT2D eigenvalue weighted by Crippen LogP contribution is -2.25. The number of hydrogen-bond donors (Lipinski definition) is 1. The Bertz CT molecular complexity index is 256. The van der Waals surface area contributed by atoms with Crippen molar-refractivity contribution in [2.45, 2.75) is 117 Å². The van der Waals surface area contributed by atoms with Gasteiger partial charge in [-0.05, 0) is 13.3 Å². The number of nitrogens with one attached hydrogen (secondary N) is 1. The summed E-state index contributed by atoms with van der Waals surface area (Å²) in [6.07, 6.45) is 21.0. The highest BCUT2D eigenvalue weighted by Crippen LogP contribution is 2.13. The first-order valence-corrected chi connectivity index (χ1v) is 10.7. The predicted octanol–water partition coefficient (Wildman–Crippen LogP) is 6.36. The van der Waals surface area contributed by atoms with Crippen molar-refractivity contribution >= 4 is 5.91 Å². The molecule has 0 aliphatic carbocycles. The van der Waals surface area contributed by atoms with Crippen molar-refractivity contribution in [3.63, 3.8) is 0 Å². The minimum Gasteiger partial charge on any atom is -0.362 e. The minimum atomic E-state index is 0.123. The summed E-state index contributed by atoms with van der Waals surface area (Å²) in [6.45, 7) is 5.22. The summed E-state index contributed by atoms with van der Waals surface area (Å²) in [7, 11) is 0. The monoisotopic (exact) mass is 341 g/mol. The van der Waals surface area contributed by atoms with Crippen LogP contribution in [0, 0.1) is 0 Å². The molecule has 0 bridgehead atoms. The smallest absolute Gasteiger partial charge is 0.221 e. The molecule has 3 nitrogen and oxygen atoms in total. The summed E-state index contributed by atoms with van der Waals surface area (Å²) in [5, 5.41) is 2.77. The quantitative estimate of drug-likeness (QED) is 0.219. The SMILES string of the molecule is CCCCCCCCCCCCCCCCCC(=O)NCOCC. The maximum atomic E-state index is 11.5. The number of ether oxygens (including phenoxy) is 1. The zero-order valence-corrected chi connectivity index (χ0v) is 16.5. The summed E-state index contributed by atoms with van der Waals surface area (Å²) in [5.41, 5.74) is 0. The van der Waals surface area contributed by atoms with Crippen LogP contribution in [-0.4, -0.2) is 19.2 Å². The van der Waals surface area contributed by atoms with Crippen LogP contribution >= 0.6 is 0 Å². The van der Waals surface area contributed by atoms with Gasteiger partial charge in [-0.25, -0.2) is 0 Å². The molecular formula is C21H43NO2. The summed E-state index contributed by atoms with van der Waals surface area (Å²) in [4.78, 5) is 11.5. The molecule has 0 aromatic heterocycles. The number of carbonyl (C=O) groups is 1. The third-order valence-corrected chi connectivity index (χ3v) is 4.58. The van der Waals surface area contributed by atoms with Crippen molar-refractivity contribution in [1.29, 1.82) is 0 Å². The second-order valence-electron chi connectivity index (χ2n) is 6.94. The molecule has 0 unspecified atom stereocenters. The van der Waals surface area contributed by atoms with Crippen LogP contribution in [0.15, 0.2) is 0 Å². The van der Waals surface area contributed by atoms with Crippen LogP contribution in [0.4, 0.5) is 0 Å². The zero-order valence-electron chi connectivity index (χ0n) is 16.5. The van der Waals surface area contributed by atoms with E-state index in [4.69, 9.17) is 4.74 Å². The van der Waals surface area contributed by atoms with Crippen LogP contribution in [0.1, 0.15) is 117 Å². The van der Waals surface area contributed by atoms with Crippen molar-refractivity contribution in [1.82, 2.24) is 5.32 Å². The molecule has 0 fully saturated rings. The van der Waals surface area contributed by atoms with E-state index < -0.39 is 0 Å². The molecule has 0 radical (unpaired) electrons. The number of amides is 1. The van der Waals surface area contributed by atoms with Gasteiger partial charge in [0.2, 0.25) is 5.91 Å². The fraction of sp³-hybridized carbons (Fsp3) is 0.952. The second kappa shape index (κ2) is 20.5. The highest BCUT2D eigenvalue weighted by molar-refractivity contribution is 5.75. The van der Waals surface area contributed by atoms with Crippen LogP contribution in [0.3, 0.4) is 0 Å². The van der Waals surface area contributed by atoms with E-state index in [2.05, 4.69) is 12.2 Å². The normalized spacial score (nSPS) is 10.9. The van der Waals surface area contributed by atoms with Gasteiger partial charge in [-0.15, -0.1) is 0 Å². The lowest BCUT2D eigenvalue weighted by molar-refractivity contribution is -0.122. The van der Waals surface area contributed by atoms with Gasteiger partial charge in [0.25, 0.3) is 0 Å². The fourth-order valence-corrected chi connectivity index (χ4v) is 2.98. The van der Waals surface area contributed by atoms with Crippen LogP contribution < -0.4 is 5.32 Å². The van der Waals surface area contributed by atoms with Gasteiger partial charge in [-0.1, -0.05) is 96.8 Å². The molecule has 0 saturated heterocycles. The van der Waals surface area contributed by atoms with E-state index in [0.29, 0.717) is 19.8 Å². The molecule has 0 aromatic rings. The number of rotatable bonds is 19. The number of hydrogen-bond acceptors (Lipinski definition) is 2. The third kappa shape index (κ3) is 19.5. The zero-order chi connectivity index (χ0) is 17.7. The molecule has 0 atom stereocenters. The Morgan fingerprint density at radius 1 is 0.667 bits per heavy atom. The van der Waals surface area contributed by atoms with Gasteiger partial charge < -0.3 is 10.1 Å². The lowest BCUT2D eigenvalue weighted by Gasteiger charge is -2.05. The predicted molar refractivity (Wildman–Crippen MR) is 104 cm³/mol. The highest BCUT2D eigenvalue weighted by atomic mass is 16.5. The summed E-state index contributed by atoms with van der Waals surface area (Å²) < 4.78 is 5.10. The second-order valence-corrected chi connectivity index (χ2v) is 6.94. The van der Waals surface area contributed by atoms with Crippen molar-refractivity contribution in [3.8, 4) is 0 Å². The molecule has 0 aliphatic rings. The Morgan fingerprint density at radius 3 is 1.50 bits per heavy atom. The fourth-order valence-electron chi connectivity index (χ4n) is 2.98. The van der Waals surface area contributed by atoms with E-state index in [1.54, 1.807) is 0 Å². The van der Waals surface area contributed by atoms with Crippen LogP contribution in [-0.2, 0) is 9.53 Å². The van der Waals surface area contributed by atoms with Crippen molar-refractivity contribution in [3.05, 3.63) is 0 Å². The van der Waals surface area contributed by atoms with Crippen LogP contribution in [0.2, 0.25) is 0 Å². The molecule has 0 aromatic carbocycles. The van der Waals surface area contributed by atoms with Gasteiger partial charge in [-0.2, -0.15) is 0 Å². The first-order valence-electron chi connectivity index (χ1n) is 10.7. The van der Waals surface area contributed by atoms with Gasteiger partial charge >= 0.3 is 0 Å². The van der Waals surface area contributed by atoms with Crippen molar-refractivity contribution in [2.24, 2.45) is 0 Å². The van der Waals surface area contributed by atoms with Gasteiger partial charge in [0, 0.05) is 13.0 Å². The Balaban J connectivity index is 3.06. The molecule has 0 spiro atoms. The summed E-state index contributed by atoms with van der Waals surface area (Å²) >= 11 is 0. The van der Waals surface area contributed by atoms with E-state index in [0.717, 1.165) is 6.42 Å². The van der Waals surface area contributed by atoms with Gasteiger partial charge in [0.1, 0.15) is 6.73 Å². The number of unbranched alkanes of at least 4 members (excludes halogenated alkanes) is 14. The van der Waals surface area contributed by atoms with Crippen molar-refractivity contribution < 1.29 is 9.53 Å². The Morgan fingerprint density at radius 2 is 1.08 bits per heavy atom. The van der Waals surface area contributed by atoms with Crippen LogP contribution in [0.25, 0.3) is 0 Å². The third-order valence-electron chi connectivity index (χ3n) is 4.58. The average molecular weight is 342 g/mol. The number of carbonyl (C=O) groups excluding carboxylic acids is 1. The maximum absolute atomic E-state index is 11.5. The molecular weight excluding hydrogens is 298 g/mol. The molecule has 0 aliphatic heterocycles. The summed E-state index contributed by atoms with van der Waals surface area (Å²) in [6, 6.07) is 0. The Kier molecular flexibility index (Phi) is 20.0. The Labute approximate surface area is 151 Å². The van der Waals surface area contributed by atoms with Gasteiger partial charge in [0.05, 0.1) is 0 Å². The lowest BCUT2D eigenvalue weighted by atomic mass is 10.0. The average Bonchev–Trinajstić information content (AvgIpc) is 2.58. The molecule has 3 heteroatoms. The van der Waals surface area contributed by atoms with E-state index >= 15 is 0 Å². The first kappa shape index (κ1) is 23.4. The molecule has 24 heavy (non-hydrogen) atoms.